The van der Waals surface area contributed by atoms with Crippen LogP contribution in [0.15, 0.2) is 84.0 Å². The number of nitrogens with one attached hydrogen (secondary N) is 1. The Morgan fingerprint density at radius 3 is 2.50 bits per heavy atom. The number of hydrogen-bond acceptors (Lipinski definition) is 5. The van der Waals surface area contributed by atoms with Crippen molar-refractivity contribution in [3.8, 4) is 11.4 Å². The third kappa shape index (κ3) is 6.23. The second kappa shape index (κ2) is 11.5. The maximum Gasteiger partial charge on any atom is 0.230 e. The van der Waals surface area contributed by atoms with E-state index < -0.39 is 0 Å². The number of carbonyl (C=O) groups excluding carboxylic acids is 1. The fraction of sp³-hybridized carbons (Fsp3) is 0.192. The Morgan fingerprint density at radius 1 is 1.00 bits per heavy atom. The average molecular weight is 477 g/mol. The van der Waals surface area contributed by atoms with Crippen molar-refractivity contribution in [3.63, 3.8) is 0 Å². The second-order valence-electron chi connectivity index (χ2n) is 7.64. The topological polar surface area (TPSA) is 69.0 Å². The summed E-state index contributed by atoms with van der Waals surface area (Å²) in [5.41, 5.74) is 2.91. The number of hydrogen-bond donors (Lipinski definition) is 1. The van der Waals surface area contributed by atoms with Gasteiger partial charge in [0.2, 0.25) is 5.91 Å². The molecule has 4 rings (SSSR count). The maximum absolute atomic E-state index is 13.0. The first kappa shape index (κ1) is 23.5. The number of amides is 1. The summed E-state index contributed by atoms with van der Waals surface area (Å²) in [7, 11) is 0. The first-order chi connectivity index (χ1) is 16.6. The fourth-order valence-electron chi connectivity index (χ4n) is 3.36. The second-order valence-corrected chi connectivity index (χ2v) is 8.58. The quantitative estimate of drug-likeness (QED) is 0.335. The van der Waals surface area contributed by atoms with Crippen molar-refractivity contribution < 1.29 is 13.9 Å². The van der Waals surface area contributed by atoms with E-state index in [9.17, 15) is 9.18 Å². The lowest BCUT2D eigenvalue weighted by Crippen LogP contribution is -2.27. The van der Waals surface area contributed by atoms with Gasteiger partial charge in [0.15, 0.2) is 11.0 Å². The molecule has 0 aliphatic carbocycles. The molecule has 0 saturated carbocycles. The molecule has 0 aliphatic heterocycles. The van der Waals surface area contributed by atoms with Crippen LogP contribution in [0.1, 0.15) is 17.0 Å². The van der Waals surface area contributed by atoms with Crippen LogP contribution < -0.4 is 10.1 Å². The number of thioether (sulfide) groups is 1. The van der Waals surface area contributed by atoms with Crippen LogP contribution in [0.4, 0.5) is 4.39 Å². The average Bonchev–Trinajstić information content (AvgIpc) is 3.27. The highest BCUT2D eigenvalue weighted by molar-refractivity contribution is 7.99. The number of aromatic nitrogens is 3. The number of benzene rings is 3. The molecule has 0 radical (unpaired) electrons. The lowest BCUT2D eigenvalue weighted by atomic mass is 10.1. The standard InChI is InChI=1S/C26H25FN4O2S/c1-19-7-5-6-10-23(19)33-17-24-29-30-26(31(24)22-8-3-2-4-9-22)34-18-25(32)28-16-15-20-11-13-21(27)14-12-20/h2-14H,15-18H2,1H3,(H,28,32). The van der Waals surface area contributed by atoms with Crippen molar-refractivity contribution in [2.75, 3.05) is 12.3 Å². The first-order valence-electron chi connectivity index (χ1n) is 10.9. The summed E-state index contributed by atoms with van der Waals surface area (Å²) in [6.45, 7) is 2.72. The van der Waals surface area contributed by atoms with E-state index >= 15 is 0 Å². The van der Waals surface area contributed by atoms with Gasteiger partial charge in [0.1, 0.15) is 18.2 Å². The molecule has 8 heteroatoms. The van der Waals surface area contributed by atoms with Crippen molar-refractivity contribution >= 4 is 17.7 Å². The molecule has 0 spiro atoms. The Hall–Kier alpha value is -3.65. The third-order valence-corrected chi connectivity index (χ3v) is 6.08. The van der Waals surface area contributed by atoms with Crippen LogP contribution in [-0.4, -0.2) is 33.0 Å². The lowest BCUT2D eigenvalue weighted by molar-refractivity contribution is -0.118. The predicted octanol–water partition coefficient (Wildman–Crippen LogP) is 4.74. The summed E-state index contributed by atoms with van der Waals surface area (Å²) in [5, 5.41) is 12.2. The molecular formula is C26H25FN4O2S. The molecule has 174 valence electrons. The van der Waals surface area contributed by atoms with Crippen LogP contribution in [0.2, 0.25) is 0 Å². The van der Waals surface area contributed by atoms with Crippen LogP contribution in [0.3, 0.4) is 0 Å². The van der Waals surface area contributed by atoms with E-state index in [1.807, 2.05) is 66.1 Å². The molecule has 0 saturated heterocycles. The molecule has 0 fully saturated rings. The number of nitrogens with zero attached hydrogens (tertiary/aromatic N) is 3. The van der Waals surface area contributed by atoms with Crippen molar-refractivity contribution in [2.45, 2.75) is 25.1 Å². The third-order valence-electron chi connectivity index (χ3n) is 5.15. The van der Waals surface area contributed by atoms with Gasteiger partial charge in [-0.1, -0.05) is 60.3 Å². The smallest absolute Gasteiger partial charge is 0.230 e. The Balaban J connectivity index is 1.39. The number of rotatable bonds is 10. The molecule has 0 unspecified atom stereocenters. The molecule has 4 aromatic rings. The normalized spacial score (nSPS) is 10.8. The minimum Gasteiger partial charge on any atom is -0.485 e. The molecule has 6 nitrogen and oxygen atoms in total. The Labute approximate surface area is 202 Å². The van der Waals surface area contributed by atoms with Gasteiger partial charge in [-0.3, -0.25) is 9.36 Å². The summed E-state index contributed by atoms with van der Waals surface area (Å²) in [5.74, 6) is 1.27. The largest absolute Gasteiger partial charge is 0.485 e. The first-order valence-corrected chi connectivity index (χ1v) is 11.9. The lowest BCUT2D eigenvalue weighted by Gasteiger charge is -2.12. The fourth-order valence-corrected chi connectivity index (χ4v) is 4.16. The van der Waals surface area contributed by atoms with E-state index in [1.165, 1.54) is 23.9 Å². The number of halogens is 1. The summed E-state index contributed by atoms with van der Waals surface area (Å²) < 4.78 is 20.9. The highest BCUT2D eigenvalue weighted by atomic mass is 32.2. The van der Waals surface area contributed by atoms with E-state index in [1.54, 1.807) is 12.1 Å². The van der Waals surface area contributed by atoms with Gasteiger partial charge in [0.05, 0.1) is 5.75 Å². The predicted molar refractivity (Wildman–Crippen MR) is 131 cm³/mol. The summed E-state index contributed by atoms with van der Waals surface area (Å²) in [4.78, 5) is 12.4. The van der Waals surface area contributed by atoms with Crippen molar-refractivity contribution in [1.82, 2.24) is 20.1 Å². The minimum absolute atomic E-state index is 0.104. The van der Waals surface area contributed by atoms with Crippen LogP contribution in [0.25, 0.3) is 5.69 Å². The van der Waals surface area contributed by atoms with Gasteiger partial charge in [-0.25, -0.2) is 4.39 Å². The molecule has 0 aliphatic rings. The molecule has 1 heterocycles. The summed E-state index contributed by atoms with van der Waals surface area (Å²) in [6, 6.07) is 23.9. The molecule has 1 aromatic heterocycles. The van der Waals surface area contributed by atoms with Crippen molar-refractivity contribution in [3.05, 3.63) is 102 Å². The highest BCUT2D eigenvalue weighted by Crippen LogP contribution is 2.24. The van der Waals surface area contributed by atoms with Crippen molar-refractivity contribution in [1.29, 1.82) is 0 Å². The zero-order valence-corrected chi connectivity index (χ0v) is 19.6. The van der Waals surface area contributed by atoms with Gasteiger partial charge in [-0.2, -0.15) is 0 Å². The van der Waals surface area contributed by atoms with Gasteiger partial charge < -0.3 is 10.1 Å². The number of carbonyl (C=O) groups is 1. The number of para-hydroxylation sites is 2. The highest BCUT2D eigenvalue weighted by Gasteiger charge is 2.16. The van der Waals surface area contributed by atoms with Gasteiger partial charge >= 0.3 is 0 Å². The van der Waals surface area contributed by atoms with Crippen LogP contribution >= 0.6 is 11.8 Å². The number of ether oxygens (including phenoxy) is 1. The van der Waals surface area contributed by atoms with E-state index in [0.29, 0.717) is 23.9 Å². The molecule has 1 N–H and O–H groups in total. The van der Waals surface area contributed by atoms with Gasteiger partial charge in [0.25, 0.3) is 0 Å². The van der Waals surface area contributed by atoms with Gasteiger partial charge in [0, 0.05) is 12.2 Å². The van der Waals surface area contributed by atoms with Gasteiger partial charge in [-0.05, 0) is 54.8 Å². The van der Waals surface area contributed by atoms with E-state index in [2.05, 4.69) is 15.5 Å². The molecule has 0 atom stereocenters. The molecule has 1 amide bonds. The summed E-state index contributed by atoms with van der Waals surface area (Å²) >= 11 is 1.32. The van der Waals surface area contributed by atoms with Gasteiger partial charge in [-0.15, -0.1) is 10.2 Å². The molecule has 0 bridgehead atoms. The van der Waals surface area contributed by atoms with Crippen LogP contribution in [0, 0.1) is 12.7 Å². The van der Waals surface area contributed by atoms with Crippen molar-refractivity contribution in [2.24, 2.45) is 0 Å². The zero-order valence-electron chi connectivity index (χ0n) is 18.8. The van der Waals surface area contributed by atoms with E-state index in [4.69, 9.17) is 4.74 Å². The van der Waals surface area contributed by atoms with E-state index in [-0.39, 0.29) is 24.1 Å². The Bertz CT molecular complexity index is 1230. The summed E-state index contributed by atoms with van der Waals surface area (Å²) in [6.07, 6.45) is 0.636. The minimum atomic E-state index is -0.268. The SMILES string of the molecule is Cc1ccccc1OCc1nnc(SCC(=O)NCCc2ccc(F)cc2)n1-c1ccccc1. The monoisotopic (exact) mass is 476 g/mol. The van der Waals surface area contributed by atoms with Crippen LogP contribution in [0.5, 0.6) is 5.75 Å². The zero-order chi connectivity index (χ0) is 23.8. The molecule has 3 aromatic carbocycles. The molecular weight excluding hydrogens is 451 g/mol. The molecule has 34 heavy (non-hydrogen) atoms. The van der Waals surface area contributed by atoms with Crippen LogP contribution in [-0.2, 0) is 17.8 Å². The van der Waals surface area contributed by atoms with E-state index in [0.717, 1.165) is 22.6 Å². The number of aryl methyl sites for hydroxylation is 1. The Kier molecular flexibility index (Phi) is 7.93. The maximum atomic E-state index is 13.0. The Morgan fingerprint density at radius 2 is 1.74 bits per heavy atom.